The van der Waals surface area contributed by atoms with Gasteiger partial charge in [-0.3, -0.25) is 0 Å². The topological polar surface area (TPSA) is 26.0 Å². The maximum Gasteiger partial charge on any atom is 0.413 e. The van der Waals surface area contributed by atoms with Crippen LogP contribution >= 0.6 is 15.9 Å². The number of nitrogens with two attached hydrogens (primary N) is 1. The van der Waals surface area contributed by atoms with Gasteiger partial charge >= 0.3 is 6.18 Å². The van der Waals surface area contributed by atoms with E-state index in [9.17, 15) is 13.2 Å². The molecule has 1 rings (SSSR count). The fraction of sp³-hybridized carbons (Fsp3) is 0.200. The Morgan fingerprint density at radius 3 is 2.53 bits per heavy atom. The zero-order chi connectivity index (χ0) is 11.5. The summed E-state index contributed by atoms with van der Waals surface area (Å²) in [5.74, 6) is 0. The van der Waals surface area contributed by atoms with Crippen LogP contribution in [0.25, 0.3) is 6.08 Å². The van der Waals surface area contributed by atoms with E-state index in [0.29, 0.717) is 5.56 Å². The van der Waals surface area contributed by atoms with E-state index in [1.165, 1.54) is 0 Å². The minimum Gasteiger partial charge on any atom is -0.326 e. The first-order valence-corrected chi connectivity index (χ1v) is 4.96. The molecule has 0 fully saturated rings. The van der Waals surface area contributed by atoms with Crippen LogP contribution in [0.3, 0.4) is 0 Å². The third-order valence-electron chi connectivity index (χ3n) is 1.77. The first-order valence-electron chi connectivity index (χ1n) is 4.17. The van der Waals surface area contributed by atoms with Gasteiger partial charge in [-0.05, 0) is 23.8 Å². The van der Waals surface area contributed by atoms with Crippen LogP contribution < -0.4 is 5.73 Å². The maximum atomic E-state index is 12.3. The minimum absolute atomic E-state index is 0.474. The molecule has 2 N–H and O–H groups in total. The van der Waals surface area contributed by atoms with E-state index < -0.39 is 18.3 Å². The average molecular weight is 280 g/mol. The number of benzene rings is 1. The highest BCUT2D eigenvalue weighted by molar-refractivity contribution is 9.10. The molecule has 5 heteroatoms. The maximum absolute atomic E-state index is 12.3. The van der Waals surface area contributed by atoms with E-state index in [-0.39, 0.29) is 0 Å². The first-order chi connectivity index (χ1) is 6.93. The van der Waals surface area contributed by atoms with Gasteiger partial charge in [0.1, 0.15) is 0 Å². The first kappa shape index (κ1) is 12.3. The molecule has 1 aromatic rings. The van der Waals surface area contributed by atoms with Gasteiger partial charge in [0.2, 0.25) is 0 Å². The molecule has 0 aliphatic carbocycles. The van der Waals surface area contributed by atoms with Gasteiger partial charge in [-0.15, -0.1) is 0 Å². The molecule has 0 aliphatic heterocycles. The molecule has 0 atom stereocenters. The van der Waals surface area contributed by atoms with E-state index >= 15 is 0 Å². The molecule has 0 amide bonds. The van der Waals surface area contributed by atoms with Crippen LogP contribution in [0.5, 0.6) is 0 Å². The van der Waals surface area contributed by atoms with Crippen LogP contribution in [0.2, 0.25) is 0 Å². The van der Waals surface area contributed by atoms with Gasteiger partial charge in [-0.25, -0.2) is 0 Å². The van der Waals surface area contributed by atoms with Crippen LogP contribution in [-0.2, 0) is 0 Å². The summed E-state index contributed by atoms with van der Waals surface area (Å²) in [4.78, 5) is 0. The third kappa shape index (κ3) is 3.68. The summed E-state index contributed by atoms with van der Waals surface area (Å²) >= 11 is 3.18. The Morgan fingerprint density at radius 2 is 2.07 bits per heavy atom. The molecule has 0 aliphatic rings. The lowest BCUT2D eigenvalue weighted by Crippen LogP contribution is -2.19. The highest BCUT2D eigenvalue weighted by atomic mass is 79.9. The zero-order valence-corrected chi connectivity index (χ0v) is 9.27. The van der Waals surface area contributed by atoms with E-state index in [1.54, 1.807) is 24.3 Å². The fourth-order valence-corrected chi connectivity index (χ4v) is 1.47. The van der Waals surface area contributed by atoms with Crippen molar-refractivity contribution >= 4 is 22.0 Å². The molecule has 0 aromatic heterocycles. The van der Waals surface area contributed by atoms with Crippen molar-refractivity contribution in [2.75, 3.05) is 6.54 Å². The number of halogens is 4. The van der Waals surface area contributed by atoms with Gasteiger partial charge in [-0.1, -0.05) is 28.1 Å². The summed E-state index contributed by atoms with van der Waals surface area (Å²) in [7, 11) is 0. The molecule has 0 unspecified atom stereocenters. The lowest BCUT2D eigenvalue weighted by atomic mass is 10.1. The van der Waals surface area contributed by atoms with Gasteiger partial charge in [0, 0.05) is 16.6 Å². The van der Waals surface area contributed by atoms with Crippen molar-refractivity contribution in [2.24, 2.45) is 5.73 Å². The Morgan fingerprint density at radius 1 is 1.40 bits per heavy atom. The molecule has 0 radical (unpaired) electrons. The molecule has 0 spiro atoms. The van der Waals surface area contributed by atoms with Crippen molar-refractivity contribution in [1.29, 1.82) is 0 Å². The SMILES string of the molecule is NC/C(=C\c1cccc(Br)c1)C(F)(F)F. The number of hydrogen-bond donors (Lipinski definition) is 1. The van der Waals surface area contributed by atoms with Gasteiger partial charge in [0.05, 0.1) is 0 Å². The number of rotatable bonds is 2. The van der Waals surface area contributed by atoms with Crippen molar-refractivity contribution in [2.45, 2.75) is 6.18 Å². The second kappa shape index (κ2) is 4.81. The van der Waals surface area contributed by atoms with Gasteiger partial charge in [0.25, 0.3) is 0 Å². The van der Waals surface area contributed by atoms with E-state index in [0.717, 1.165) is 10.5 Å². The molecule has 0 heterocycles. The third-order valence-corrected chi connectivity index (χ3v) is 2.27. The molecule has 0 saturated heterocycles. The van der Waals surface area contributed by atoms with Gasteiger partial charge in [0.15, 0.2) is 0 Å². The van der Waals surface area contributed by atoms with Crippen LogP contribution in [-0.4, -0.2) is 12.7 Å². The monoisotopic (exact) mass is 279 g/mol. The summed E-state index contributed by atoms with van der Waals surface area (Å²) in [6.07, 6.45) is -3.32. The fourth-order valence-electron chi connectivity index (χ4n) is 1.05. The van der Waals surface area contributed by atoms with Crippen LogP contribution in [0.15, 0.2) is 34.3 Å². The Labute approximate surface area is 93.9 Å². The Kier molecular flexibility index (Phi) is 3.93. The average Bonchev–Trinajstić information content (AvgIpc) is 2.12. The van der Waals surface area contributed by atoms with Crippen molar-refractivity contribution in [1.82, 2.24) is 0 Å². The van der Waals surface area contributed by atoms with Gasteiger partial charge in [-0.2, -0.15) is 13.2 Å². The van der Waals surface area contributed by atoms with Crippen molar-refractivity contribution in [3.8, 4) is 0 Å². The smallest absolute Gasteiger partial charge is 0.326 e. The normalized spacial score (nSPS) is 13.0. The standard InChI is InChI=1S/C10H9BrF3N/c11-9-3-1-2-7(5-9)4-8(6-15)10(12,13)14/h1-5H,6,15H2/b8-4+. The summed E-state index contributed by atoms with van der Waals surface area (Å²) in [5, 5.41) is 0. The lowest BCUT2D eigenvalue weighted by Gasteiger charge is -2.09. The second-order valence-corrected chi connectivity index (χ2v) is 3.84. The van der Waals surface area contributed by atoms with E-state index in [4.69, 9.17) is 5.73 Å². The second-order valence-electron chi connectivity index (χ2n) is 2.93. The zero-order valence-electron chi connectivity index (χ0n) is 7.68. The van der Waals surface area contributed by atoms with E-state index in [1.807, 2.05) is 0 Å². The molecule has 82 valence electrons. The summed E-state index contributed by atoms with van der Waals surface area (Å²) < 4.78 is 37.8. The Bertz CT molecular complexity index is 371. The largest absolute Gasteiger partial charge is 0.413 e. The predicted molar refractivity (Wildman–Crippen MR) is 57.2 cm³/mol. The van der Waals surface area contributed by atoms with Crippen LogP contribution in [0, 0.1) is 0 Å². The molecule has 1 aromatic carbocycles. The molecule has 0 saturated carbocycles. The molecule has 15 heavy (non-hydrogen) atoms. The van der Waals surface area contributed by atoms with E-state index in [2.05, 4.69) is 15.9 Å². The highest BCUT2D eigenvalue weighted by Crippen LogP contribution is 2.27. The lowest BCUT2D eigenvalue weighted by molar-refractivity contribution is -0.0912. The van der Waals surface area contributed by atoms with Crippen LogP contribution in [0.4, 0.5) is 13.2 Å². The van der Waals surface area contributed by atoms with Crippen molar-refractivity contribution in [3.05, 3.63) is 39.9 Å². The molecule has 1 nitrogen and oxygen atoms in total. The number of alkyl halides is 3. The summed E-state index contributed by atoms with van der Waals surface area (Å²) in [6, 6.07) is 6.60. The quantitative estimate of drug-likeness (QED) is 0.883. The Hall–Kier alpha value is -0.810. The number of hydrogen-bond acceptors (Lipinski definition) is 1. The molecular formula is C10H9BrF3N. The van der Waals surface area contributed by atoms with Crippen LogP contribution in [0.1, 0.15) is 5.56 Å². The summed E-state index contributed by atoms with van der Waals surface area (Å²) in [5.41, 5.74) is 4.78. The molecular weight excluding hydrogens is 271 g/mol. The predicted octanol–water partition coefficient (Wildman–Crippen LogP) is 3.35. The summed E-state index contributed by atoms with van der Waals surface area (Å²) in [6.45, 7) is -0.518. The minimum atomic E-state index is -4.36. The van der Waals surface area contributed by atoms with Crippen molar-refractivity contribution < 1.29 is 13.2 Å². The Balaban J connectivity index is 3.04. The van der Waals surface area contributed by atoms with Gasteiger partial charge < -0.3 is 5.73 Å². The van der Waals surface area contributed by atoms with Crippen molar-refractivity contribution in [3.63, 3.8) is 0 Å². The molecule has 0 bridgehead atoms. The highest BCUT2D eigenvalue weighted by Gasteiger charge is 2.32.